The van der Waals surface area contributed by atoms with Gasteiger partial charge in [0.25, 0.3) is 0 Å². The van der Waals surface area contributed by atoms with E-state index >= 15 is 0 Å². The lowest BCUT2D eigenvalue weighted by Gasteiger charge is -2.15. The van der Waals surface area contributed by atoms with Crippen molar-refractivity contribution >= 4 is 5.97 Å². The Labute approximate surface area is 95.8 Å². The minimum atomic E-state index is -0.780. The van der Waals surface area contributed by atoms with E-state index in [0.29, 0.717) is 6.54 Å². The van der Waals surface area contributed by atoms with E-state index in [2.05, 4.69) is 11.9 Å². The molecule has 3 heteroatoms. The predicted octanol–water partition coefficient (Wildman–Crippen LogP) is 1.85. The fourth-order valence-electron chi connectivity index (χ4n) is 1.58. The summed E-state index contributed by atoms with van der Waals surface area (Å²) in [5.74, 6) is -0.780. The summed E-state index contributed by atoms with van der Waals surface area (Å²) in [6.07, 6.45) is 2.59. The third kappa shape index (κ3) is 4.75. The van der Waals surface area contributed by atoms with Gasteiger partial charge in [-0.15, -0.1) is 6.58 Å². The highest BCUT2D eigenvalue weighted by molar-refractivity contribution is 5.67. The van der Waals surface area contributed by atoms with Crippen LogP contribution in [0.25, 0.3) is 0 Å². The Bertz CT molecular complexity index is 335. The molecule has 16 heavy (non-hydrogen) atoms. The normalized spacial score (nSPS) is 12.0. The molecule has 0 heterocycles. The maximum absolute atomic E-state index is 10.7. The predicted molar refractivity (Wildman–Crippen MR) is 64.4 cm³/mol. The summed E-state index contributed by atoms with van der Waals surface area (Å²) in [6.45, 7) is 4.24. The Morgan fingerprint density at radius 1 is 1.44 bits per heavy atom. The zero-order chi connectivity index (χ0) is 11.8. The first-order valence-electron chi connectivity index (χ1n) is 5.32. The van der Waals surface area contributed by atoms with Gasteiger partial charge >= 0.3 is 5.97 Å². The fourth-order valence-corrected chi connectivity index (χ4v) is 1.58. The molecule has 0 aliphatic carbocycles. The van der Waals surface area contributed by atoms with Crippen LogP contribution in [0, 0.1) is 0 Å². The van der Waals surface area contributed by atoms with E-state index in [9.17, 15) is 4.79 Å². The van der Waals surface area contributed by atoms with E-state index in [1.807, 2.05) is 30.3 Å². The van der Waals surface area contributed by atoms with Crippen LogP contribution >= 0.6 is 0 Å². The number of carboxylic acids is 1. The first-order chi connectivity index (χ1) is 7.72. The van der Waals surface area contributed by atoms with Gasteiger partial charge < -0.3 is 10.4 Å². The Balaban J connectivity index is 2.55. The molecular formula is C13H17NO2. The van der Waals surface area contributed by atoms with Crippen LogP contribution in [0.3, 0.4) is 0 Å². The van der Waals surface area contributed by atoms with Crippen LogP contribution in [0.15, 0.2) is 43.0 Å². The Kier molecular flexibility index (Phi) is 5.29. The summed E-state index contributed by atoms with van der Waals surface area (Å²) in [5, 5.41) is 11.9. The largest absolute Gasteiger partial charge is 0.481 e. The fraction of sp³-hybridized carbons (Fsp3) is 0.308. The molecule has 0 aromatic heterocycles. The standard InChI is InChI=1S/C13H17NO2/c1-2-8-14-12(10-13(15)16)9-11-6-4-3-5-7-11/h2-7,12,14H,1,8-10H2,(H,15,16). The second-order valence-electron chi connectivity index (χ2n) is 3.68. The van der Waals surface area contributed by atoms with Gasteiger partial charge in [-0.3, -0.25) is 4.79 Å². The summed E-state index contributed by atoms with van der Waals surface area (Å²) in [5.41, 5.74) is 1.14. The molecule has 3 nitrogen and oxygen atoms in total. The first-order valence-corrected chi connectivity index (χ1v) is 5.32. The van der Waals surface area contributed by atoms with Gasteiger partial charge in [0, 0.05) is 12.6 Å². The molecule has 0 aliphatic rings. The molecule has 0 saturated carbocycles. The van der Waals surface area contributed by atoms with Crippen molar-refractivity contribution < 1.29 is 9.90 Å². The van der Waals surface area contributed by atoms with Crippen molar-refractivity contribution in [3.63, 3.8) is 0 Å². The molecule has 1 aromatic rings. The molecule has 0 saturated heterocycles. The highest BCUT2D eigenvalue weighted by Crippen LogP contribution is 2.05. The third-order valence-electron chi connectivity index (χ3n) is 2.30. The lowest BCUT2D eigenvalue weighted by Crippen LogP contribution is -2.33. The second kappa shape index (κ2) is 6.80. The van der Waals surface area contributed by atoms with Gasteiger partial charge in [-0.2, -0.15) is 0 Å². The quantitative estimate of drug-likeness (QED) is 0.688. The van der Waals surface area contributed by atoms with Gasteiger partial charge in [0.2, 0.25) is 0 Å². The van der Waals surface area contributed by atoms with E-state index < -0.39 is 5.97 Å². The molecule has 0 radical (unpaired) electrons. The highest BCUT2D eigenvalue weighted by atomic mass is 16.4. The molecule has 2 N–H and O–H groups in total. The minimum Gasteiger partial charge on any atom is -0.481 e. The van der Waals surface area contributed by atoms with Gasteiger partial charge in [0.1, 0.15) is 0 Å². The van der Waals surface area contributed by atoms with E-state index in [1.165, 1.54) is 0 Å². The zero-order valence-electron chi connectivity index (χ0n) is 9.23. The third-order valence-corrected chi connectivity index (χ3v) is 2.30. The van der Waals surface area contributed by atoms with Crippen molar-refractivity contribution in [1.82, 2.24) is 5.32 Å². The summed E-state index contributed by atoms with van der Waals surface area (Å²) >= 11 is 0. The van der Waals surface area contributed by atoms with E-state index in [1.54, 1.807) is 6.08 Å². The molecular weight excluding hydrogens is 202 g/mol. The van der Waals surface area contributed by atoms with Crippen LogP contribution in [0.2, 0.25) is 0 Å². The van der Waals surface area contributed by atoms with E-state index in [-0.39, 0.29) is 12.5 Å². The molecule has 0 fully saturated rings. The van der Waals surface area contributed by atoms with Crippen LogP contribution in [0.4, 0.5) is 0 Å². The summed E-state index contributed by atoms with van der Waals surface area (Å²) < 4.78 is 0. The van der Waals surface area contributed by atoms with Crippen molar-refractivity contribution in [2.45, 2.75) is 18.9 Å². The van der Waals surface area contributed by atoms with Crippen molar-refractivity contribution in [2.24, 2.45) is 0 Å². The molecule has 0 aliphatic heterocycles. The number of rotatable bonds is 7. The highest BCUT2D eigenvalue weighted by Gasteiger charge is 2.12. The number of aliphatic carboxylic acids is 1. The van der Waals surface area contributed by atoms with Gasteiger partial charge in [-0.25, -0.2) is 0 Å². The van der Waals surface area contributed by atoms with Crippen molar-refractivity contribution in [1.29, 1.82) is 0 Å². The number of nitrogens with one attached hydrogen (secondary N) is 1. The lowest BCUT2D eigenvalue weighted by molar-refractivity contribution is -0.137. The number of hydrogen-bond acceptors (Lipinski definition) is 2. The molecule has 86 valence electrons. The molecule has 0 spiro atoms. The van der Waals surface area contributed by atoms with Crippen molar-refractivity contribution in [3.8, 4) is 0 Å². The van der Waals surface area contributed by atoms with E-state index in [4.69, 9.17) is 5.11 Å². The van der Waals surface area contributed by atoms with Gasteiger partial charge in [0.05, 0.1) is 6.42 Å². The van der Waals surface area contributed by atoms with Crippen LogP contribution in [0.5, 0.6) is 0 Å². The Morgan fingerprint density at radius 2 is 2.12 bits per heavy atom. The molecule has 1 unspecified atom stereocenters. The average Bonchev–Trinajstić information content (AvgIpc) is 2.26. The van der Waals surface area contributed by atoms with Crippen LogP contribution in [-0.2, 0) is 11.2 Å². The van der Waals surface area contributed by atoms with Crippen LogP contribution < -0.4 is 5.32 Å². The number of carbonyl (C=O) groups is 1. The van der Waals surface area contributed by atoms with Crippen molar-refractivity contribution in [3.05, 3.63) is 48.6 Å². The second-order valence-corrected chi connectivity index (χ2v) is 3.68. The molecule has 0 amide bonds. The van der Waals surface area contributed by atoms with Gasteiger partial charge in [0.15, 0.2) is 0 Å². The molecule has 0 bridgehead atoms. The van der Waals surface area contributed by atoms with E-state index in [0.717, 1.165) is 12.0 Å². The number of carboxylic acid groups (broad SMARTS) is 1. The summed E-state index contributed by atoms with van der Waals surface area (Å²) in [6, 6.07) is 9.83. The SMILES string of the molecule is C=CCNC(CC(=O)O)Cc1ccccc1. The van der Waals surface area contributed by atoms with Crippen LogP contribution in [-0.4, -0.2) is 23.7 Å². The van der Waals surface area contributed by atoms with Gasteiger partial charge in [-0.05, 0) is 12.0 Å². The summed E-state index contributed by atoms with van der Waals surface area (Å²) in [4.78, 5) is 10.7. The minimum absolute atomic E-state index is 0.0436. The molecule has 1 rings (SSSR count). The molecule has 1 aromatic carbocycles. The van der Waals surface area contributed by atoms with Gasteiger partial charge in [-0.1, -0.05) is 36.4 Å². The van der Waals surface area contributed by atoms with Crippen LogP contribution in [0.1, 0.15) is 12.0 Å². The van der Waals surface area contributed by atoms with Crippen molar-refractivity contribution in [2.75, 3.05) is 6.54 Å². The Hall–Kier alpha value is -1.61. The average molecular weight is 219 g/mol. The number of benzene rings is 1. The lowest BCUT2D eigenvalue weighted by atomic mass is 10.0. The Morgan fingerprint density at radius 3 is 2.69 bits per heavy atom. The smallest absolute Gasteiger partial charge is 0.304 e. The molecule has 1 atom stereocenters. The monoisotopic (exact) mass is 219 g/mol. The maximum atomic E-state index is 10.7. The maximum Gasteiger partial charge on any atom is 0.304 e. The number of hydrogen-bond donors (Lipinski definition) is 2. The summed E-state index contributed by atoms with van der Waals surface area (Å²) in [7, 11) is 0. The first kappa shape index (κ1) is 12.5. The zero-order valence-corrected chi connectivity index (χ0v) is 9.23. The topological polar surface area (TPSA) is 49.3 Å².